The summed E-state index contributed by atoms with van der Waals surface area (Å²) in [5.74, 6) is 0.352. The molecule has 1 heterocycles. The Bertz CT molecular complexity index is 697. The van der Waals surface area contributed by atoms with Crippen molar-refractivity contribution < 1.29 is 4.92 Å². The van der Waals surface area contributed by atoms with Crippen molar-refractivity contribution in [2.24, 2.45) is 5.10 Å². The highest BCUT2D eigenvalue weighted by Gasteiger charge is 2.08. The molecule has 1 N–H and O–H groups in total. The Kier molecular flexibility index (Phi) is 4.44. The van der Waals surface area contributed by atoms with Gasteiger partial charge in [0, 0.05) is 34.1 Å². The Balaban J connectivity index is 2.17. The monoisotopic (exact) mass is 305 g/mol. The summed E-state index contributed by atoms with van der Waals surface area (Å²) in [6.45, 7) is 3.70. The zero-order chi connectivity index (χ0) is 15.4. The first-order valence-electron chi connectivity index (χ1n) is 6.01. The average molecular weight is 306 g/mol. The second kappa shape index (κ2) is 6.27. The number of nitrogens with zero attached hydrogens (tertiary/aromatic N) is 4. The number of anilines is 1. The summed E-state index contributed by atoms with van der Waals surface area (Å²) in [6, 6.07) is 5.97. The maximum absolute atomic E-state index is 10.7. The van der Waals surface area contributed by atoms with E-state index in [-0.39, 0.29) is 5.69 Å². The van der Waals surface area contributed by atoms with Crippen LogP contribution in [0, 0.1) is 24.0 Å². The van der Waals surface area contributed by atoms with Crippen LogP contribution in [0.3, 0.4) is 0 Å². The van der Waals surface area contributed by atoms with Crippen LogP contribution < -0.4 is 5.43 Å². The maximum Gasteiger partial charge on any atom is 0.270 e. The molecule has 0 bridgehead atoms. The standard InChI is InChI=1S/C13H12ClN5O2/c1-8-5-9(2)17-13(16-8)18-15-7-10-6-11(19(20)21)3-4-12(10)14/h3-7H,1-2H3,(H,16,17,18)/b15-7+. The van der Waals surface area contributed by atoms with Gasteiger partial charge < -0.3 is 0 Å². The SMILES string of the molecule is Cc1cc(C)nc(N/N=C/c2cc([N+](=O)[O-])ccc2Cl)n1. The third-order valence-corrected chi connectivity index (χ3v) is 2.89. The van der Waals surface area contributed by atoms with E-state index in [9.17, 15) is 10.1 Å². The molecular weight excluding hydrogens is 294 g/mol. The highest BCUT2D eigenvalue weighted by atomic mass is 35.5. The Morgan fingerprint density at radius 1 is 1.29 bits per heavy atom. The van der Waals surface area contributed by atoms with Gasteiger partial charge in [-0.3, -0.25) is 10.1 Å². The maximum atomic E-state index is 10.7. The van der Waals surface area contributed by atoms with Gasteiger partial charge in [0.15, 0.2) is 0 Å². The third kappa shape index (κ3) is 3.96. The van der Waals surface area contributed by atoms with E-state index in [1.807, 2.05) is 19.9 Å². The van der Waals surface area contributed by atoms with Crippen LogP contribution in [0.1, 0.15) is 17.0 Å². The fourth-order valence-electron chi connectivity index (χ4n) is 1.68. The minimum atomic E-state index is -0.492. The molecule has 1 aromatic carbocycles. The van der Waals surface area contributed by atoms with Crippen molar-refractivity contribution in [2.75, 3.05) is 5.43 Å². The third-order valence-electron chi connectivity index (χ3n) is 2.54. The number of nitro groups is 1. The summed E-state index contributed by atoms with van der Waals surface area (Å²) >= 11 is 5.96. The van der Waals surface area contributed by atoms with Gasteiger partial charge in [0.25, 0.3) is 5.69 Å². The molecule has 0 aliphatic carbocycles. The van der Waals surface area contributed by atoms with Crippen LogP contribution in [0.2, 0.25) is 5.02 Å². The number of hydrogen-bond donors (Lipinski definition) is 1. The summed E-state index contributed by atoms with van der Waals surface area (Å²) < 4.78 is 0. The summed E-state index contributed by atoms with van der Waals surface area (Å²) in [5.41, 5.74) is 4.68. The average Bonchev–Trinajstić information content (AvgIpc) is 2.39. The van der Waals surface area contributed by atoms with E-state index < -0.39 is 4.92 Å². The van der Waals surface area contributed by atoms with Gasteiger partial charge in [-0.2, -0.15) is 5.10 Å². The lowest BCUT2D eigenvalue weighted by atomic mass is 10.2. The molecule has 1 aromatic heterocycles. The van der Waals surface area contributed by atoms with E-state index >= 15 is 0 Å². The molecule has 0 fully saturated rings. The predicted octanol–water partition coefficient (Wildman–Crippen LogP) is 3.10. The minimum Gasteiger partial charge on any atom is -0.258 e. The number of nitro benzene ring substituents is 1. The number of hydrogen-bond acceptors (Lipinski definition) is 6. The first-order chi connectivity index (χ1) is 9.95. The zero-order valence-electron chi connectivity index (χ0n) is 11.4. The molecule has 0 amide bonds. The number of nitrogens with one attached hydrogen (secondary N) is 1. The highest BCUT2D eigenvalue weighted by molar-refractivity contribution is 6.33. The molecule has 0 aliphatic heterocycles. The topological polar surface area (TPSA) is 93.3 Å². The van der Waals surface area contributed by atoms with Gasteiger partial charge in [-0.1, -0.05) is 11.6 Å². The molecule has 0 saturated carbocycles. The minimum absolute atomic E-state index is 0.0523. The van der Waals surface area contributed by atoms with Crippen molar-refractivity contribution in [3.63, 3.8) is 0 Å². The van der Waals surface area contributed by atoms with E-state index in [0.717, 1.165) is 11.4 Å². The van der Waals surface area contributed by atoms with E-state index in [4.69, 9.17) is 11.6 Å². The number of aromatic nitrogens is 2. The summed E-state index contributed by atoms with van der Waals surface area (Å²) in [6.07, 6.45) is 1.39. The second-order valence-electron chi connectivity index (χ2n) is 4.31. The largest absolute Gasteiger partial charge is 0.270 e. The first-order valence-corrected chi connectivity index (χ1v) is 6.39. The van der Waals surface area contributed by atoms with Crippen LogP contribution in [-0.4, -0.2) is 21.1 Å². The van der Waals surface area contributed by atoms with Crippen LogP contribution in [0.4, 0.5) is 11.6 Å². The van der Waals surface area contributed by atoms with Crippen molar-refractivity contribution in [3.8, 4) is 0 Å². The number of aryl methyl sites for hydroxylation is 2. The van der Waals surface area contributed by atoms with Crippen LogP contribution in [0.15, 0.2) is 29.4 Å². The summed E-state index contributed by atoms with van der Waals surface area (Å²) in [5, 5.41) is 15.0. The Morgan fingerprint density at radius 3 is 2.57 bits per heavy atom. The smallest absolute Gasteiger partial charge is 0.258 e. The molecule has 0 aliphatic rings. The lowest BCUT2D eigenvalue weighted by molar-refractivity contribution is -0.384. The number of non-ortho nitro benzene ring substituents is 1. The lowest BCUT2D eigenvalue weighted by Crippen LogP contribution is -2.00. The van der Waals surface area contributed by atoms with Gasteiger partial charge >= 0.3 is 0 Å². The van der Waals surface area contributed by atoms with Gasteiger partial charge in [-0.25, -0.2) is 15.4 Å². The molecule has 0 spiro atoms. The van der Waals surface area contributed by atoms with E-state index in [1.165, 1.54) is 24.4 Å². The Morgan fingerprint density at radius 2 is 1.95 bits per heavy atom. The molecule has 2 aromatic rings. The van der Waals surface area contributed by atoms with Gasteiger partial charge in [-0.15, -0.1) is 0 Å². The van der Waals surface area contributed by atoms with Gasteiger partial charge in [0.05, 0.1) is 11.1 Å². The normalized spacial score (nSPS) is 10.8. The highest BCUT2D eigenvalue weighted by Crippen LogP contribution is 2.20. The predicted molar refractivity (Wildman–Crippen MR) is 80.8 cm³/mol. The molecule has 0 saturated heterocycles. The second-order valence-corrected chi connectivity index (χ2v) is 4.71. The Hall–Kier alpha value is -2.54. The van der Waals surface area contributed by atoms with Gasteiger partial charge in [0.2, 0.25) is 5.95 Å². The molecule has 7 nitrogen and oxygen atoms in total. The van der Waals surface area contributed by atoms with Crippen LogP contribution in [-0.2, 0) is 0 Å². The van der Waals surface area contributed by atoms with Crippen LogP contribution in [0.25, 0.3) is 0 Å². The lowest BCUT2D eigenvalue weighted by Gasteiger charge is -2.02. The van der Waals surface area contributed by atoms with Crippen molar-refractivity contribution in [2.45, 2.75) is 13.8 Å². The van der Waals surface area contributed by atoms with E-state index in [2.05, 4.69) is 20.5 Å². The molecule has 108 valence electrons. The summed E-state index contributed by atoms with van der Waals surface area (Å²) in [7, 11) is 0. The van der Waals surface area contributed by atoms with Crippen LogP contribution in [0.5, 0.6) is 0 Å². The fourth-order valence-corrected chi connectivity index (χ4v) is 1.85. The molecule has 0 atom stereocenters. The van der Waals surface area contributed by atoms with Crippen LogP contribution >= 0.6 is 11.6 Å². The number of rotatable bonds is 4. The first kappa shape index (κ1) is 14.9. The van der Waals surface area contributed by atoms with Crippen molar-refractivity contribution in [1.82, 2.24) is 9.97 Å². The van der Waals surface area contributed by atoms with Crippen molar-refractivity contribution in [1.29, 1.82) is 0 Å². The number of hydrazone groups is 1. The van der Waals surface area contributed by atoms with E-state index in [0.29, 0.717) is 16.5 Å². The molecule has 2 rings (SSSR count). The van der Waals surface area contributed by atoms with Crippen molar-refractivity contribution in [3.05, 3.63) is 56.4 Å². The van der Waals surface area contributed by atoms with Gasteiger partial charge in [0.1, 0.15) is 0 Å². The van der Waals surface area contributed by atoms with E-state index in [1.54, 1.807) is 0 Å². The summed E-state index contributed by atoms with van der Waals surface area (Å²) in [4.78, 5) is 18.5. The van der Waals surface area contributed by atoms with Crippen molar-refractivity contribution >= 4 is 29.5 Å². The number of halogens is 1. The molecular formula is C13H12ClN5O2. The molecule has 21 heavy (non-hydrogen) atoms. The quantitative estimate of drug-likeness (QED) is 0.532. The zero-order valence-corrected chi connectivity index (χ0v) is 12.1. The molecule has 0 radical (unpaired) electrons. The molecule has 8 heteroatoms. The Labute approximate surface area is 125 Å². The fraction of sp³-hybridized carbons (Fsp3) is 0.154. The molecule has 0 unspecified atom stereocenters. The van der Waals surface area contributed by atoms with Gasteiger partial charge in [-0.05, 0) is 26.0 Å². The number of benzene rings is 1.